The molecule has 0 bridgehead atoms. The summed E-state index contributed by atoms with van der Waals surface area (Å²) in [6.45, 7) is 4.28. The van der Waals surface area contributed by atoms with Crippen LogP contribution < -0.4 is 5.32 Å². The number of aromatic nitrogens is 1. The van der Waals surface area contributed by atoms with Gasteiger partial charge in [-0.05, 0) is 25.5 Å². The highest BCUT2D eigenvalue weighted by Crippen LogP contribution is 2.18. The second-order valence-corrected chi connectivity index (χ2v) is 4.71. The van der Waals surface area contributed by atoms with Crippen molar-refractivity contribution in [3.05, 3.63) is 45.7 Å². The van der Waals surface area contributed by atoms with Gasteiger partial charge in [-0.25, -0.2) is 9.37 Å². The second-order valence-electron chi connectivity index (χ2n) is 3.65. The molecule has 0 radical (unpaired) electrons. The van der Waals surface area contributed by atoms with Gasteiger partial charge < -0.3 is 5.32 Å². The summed E-state index contributed by atoms with van der Waals surface area (Å²) in [5.41, 5.74) is 2.13. The first kappa shape index (κ1) is 11.1. The lowest BCUT2D eigenvalue weighted by Crippen LogP contribution is -2.02. The molecule has 1 heterocycles. The molecule has 84 valence electrons. The zero-order valence-corrected chi connectivity index (χ0v) is 10.1. The van der Waals surface area contributed by atoms with Crippen LogP contribution in [0.1, 0.15) is 16.3 Å². The van der Waals surface area contributed by atoms with Crippen molar-refractivity contribution in [2.75, 3.05) is 5.32 Å². The minimum absolute atomic E-state index is 0.186. The van der Waals surface area contributed by atoms with Crippen LogP contribution in [-0.4, -0.2) is 4.98 Å². The summed E-state index contributed by atoms with van der Waals surface area (Å²) in [6, 6.07) is 5.34. The van der Waals surface area contributed by atoms with Crippen molar-refractivity contribution in [3.8, 4) is 0 Å². The SMILES string of the molecule is Cc1nc(CNc2cccc(C)c2F)cs1. The van der Waals surface area contributed by atoms with Gasteiger partial charge in [0, 0.05) is 5.38 Å². The molecule has 2 nitrogen and oxygen atoms in total. The smallest absolute Gasteiger partial charge is 0.149 e. The third-order valence-corrected chi connectivity index (χ3v) is 3.14. The molecular formula is C12H13FN2S. The topological polar surface area (TPSA) is 24.9 Å². The van der Waals surface area contributed by atoms with Gasteiger partial charge in [0.25, 0.3) is 0 Å². The highest BCUT2D eigenvalue weighted by atomic mass is 32.1. The van der Waals surface area contributed by atoms with Gasteiger partial charge in [-0.3, -0.25) is 0 Å². The average molecular weight is 236 g/mol. The van der Waals surface area contributed by atoms with Crippen molar-refractivity contribution < 1.29 is 4.39 Å². The van der Waals surface area contributed by atoms with Crippen LogP contribution in [0.15, 0.2) is 23.6 Å². The van der Waals surface area contributed by atoms with Crippen LogP contribution in [0.5, 0.6) is 0 Å². The zero-order chi connectivity index (χ0) is 11.5. The molecule has 0 fully saturated rings. The van der Waals surface area contributed by atoms with E-state index >= 15 is 0 Å². The molecule has 2 aromatic rings. The first-order chi connectivity index (χ1) is 7.66. The fourth-order valence-electron chi connectivity index (χ4n) is 1.46. The zero-order valence-electron chi connectivity index (χ0n) is 9.25. The summed E-state index contributed by atoms with van der Waals surface area (Å²) in [7, 11) is 0. The van der Waals surface area contributed by atoms with Crippen LogP contribution in [0.3, 0.4) is 0 Å². The molecule has 0 aliphatic rings. The molecule has 1 aromatic heterocycles. The van der Waals surface area contributed by atoms with Crippen LogP contribution in [-0.2, 0) is 6.54 Å². The fourth-order valence-corrected chi connectivity index (χ4v) is 2.07. The number of thiazole rings is 1. The Morgan fingerprint density at radius 1 is 1.38 bits per heavy atom. The Morgan fingerprint density at radius 3 is 2.88 bits per heavy atom. The van der Waals surface area contributed by atoms with Gasteiger partial charge in [0.05, 0.1) is 22.9 Å². The van der Waals surface area contributed by atoms with Crippen LogP contribution in [0.2, 0.25) is 0 Å². The molecule has 4 heteroatoms. The standard InChI is InChI=1S/C12H13FN2S/c1-8-4-3-5-11(12(8)13)14-6-10-7-16-9(2)15-10/h3-5,7,14H,6H2,1-2H3. The molecule has 0 saturated carbocycles. The van der Waals surface area contributed by atoms with E-state index in [0.717, 1.165) is 10.7 Å². The maximum absolute atomic E-state index is 13.6. The van der Waals surface area contributed by atoms with E-state index in [1.54, 1.807) is 30.4 Å². The van der Waals surface area contributed by atoms with E-state index in [1.165, 1.54) is 0 Å². The molecule has 0 saturated heterocycles. The summed E-state index contributed by atoms with van der Waals surface area (Å²) in [5, 5.41) is 6.06. The molecule has 0 amide bonds. The number of benzene rings is 1. The molecule has 0 atom stereocenters. The molecule has 2 rings (SSSR count). The lowest BCUT2D eigenvalue weighted by molar-refractivity contribution is 0.621. The van der Waals surface area contributed by atoms with Crippen LogP contribution >= 0.6 is 11.3 Å². The summed E-state index contributed by atoms with van der Waals surface area (Å²) >= 11 is 1.60. The molecule has 0 aliphatic carbocycles. The average Bonchev–Trinajstić information content (AvgIpc) is 2.67. The summed E-state index contributed by atoms with van der Waals surface area (Å²) < 4.78 is 13.6. The van der Waals surface area contributed by atoms with Crippen molar-refractivity contribution in [2.45, 2.75) is 20.4 Å². The molecule has 0 aliphatic heterocycles. The minimum Gasteiger partial charge on any atom is -0.377 e. The summed E-state index contributed by atoms with van der Waals surface area (Å²) in [4.78, 5) is 4.31. The first-order valence-corrected chi connectivity index (χ1v) is 5.95. The quantitative estimate of drug-likeness (QED) is 0.882. The van der Waals surface area contributed by atoms with Gasteiger partial charge in [-0.15, -0.1) is 11.3 Å². The van der Waals surface area contributed by atoms with Crippen molar-refractivity contribution in [1.29, 1.82) is 0 Å². The highest BCUT2D eigenvalue weighted by molar-refractivity contribution is 7.09. The van der Waals surface area contributed by atoms with E-state index in [2.05, 4.69) is 10.3 Å². The van der Waals surface area contributed by atoms with Crippen molar-refractivity contribution in [3.63, 3.8) is 0 Å². The fraction of sp³-hybridized carbons (Fsp3) is 0.250. The lowest BCUT2D eigenvalue weighted by atomic mass is 10.2. The van der Waals surface area contributed by atoms with Gasteiger partial charge in [-0.2, -0.15) is 0 Å². The Kier molecular flexibility index (Phi) is 3.19. The van der Waals surface area contributed by atoms with Gasteiger partial charge in [0.2, 0.25) is 0 Å². The molecular weight excluding hydrogens is 223 g/mol. The Labute approximate surface area is 98.2 Å². The normalized spacial score (nSPS) is 10.4. The van der Waals surface area contributed by atoms with Crippen molar-refractivity contribution in [2.24, 2.45) is 0 Å². The number of aryl methyl sites for hydroxylation is 2. The maximum atomic E-state index is 13.6. The van der Waals surface area contributed by atoms with Gasteiger partial charge in [0.15, 0.2) is 0 Å². The number of halogens is 1. The predicted octanol–water partition coefficient (Wildman–Crippen LogP) is 3.51. The molecule has 0 unspecified atom stereocenters. The Hall–Kier alpha value is -1.42. The van der Waals surface area contributed by atoms with Crippen molar-refractivity contribution in [1.82, 2.24) is 4.98 Å². The van der Waals surface area contributed by atoms with E-state index < -0.39 is 0 Å². The second kappa shape index (κ2) is 4.61. The summed E-state index contributed by atoms with van der Waals surface area (Å²) in [6.07, 6.45) is 0. The molecule has 1 N–H and O–H groups in total. The van der Waals surface area contributed by atoms with Crippen LogP contribution in [0.4, 0.5) is 10.1 Å². The lowest BCUT2D eigenvalue weighted by Gasteiger charge is -2.07. The third-order valence-electron chi connectivity index (χ3n) is 2.32. The molecule has 1 aromatic carbocycles. The van der Waals surface area contributed by atoms with Gasteiger partial charge >= 0.3 is 0 Å². The number of hydrogen-bond acceptors (Lipinski definition) is 3. The van der Waals surface area contributed by atoms with E-state index in [9.17, 15) is 4.39 Å². The van der Waals surface area contributed by atoms with Crippen molar-refractivity contribution >= 4 is 17.0 Å². The van der Waals surface area contributed by atoms with Crippen LogP contribution in [0.25, 0.3) is 0 Å². The summed E-state index contributed by atoms with van der Waals surface area (Å²) in [5.74, 6) is -0.186. The number of nitrogens with zero attached hydrogens (tertiary/aromatic N) is 1. The van der Waals surface area contributed by atoms with Gasteiger partial charge in [0.1, 0.15) is 5.82 Å². The third kappa shape index (κ3) is 2.39. The first-order valence-electron chi connectivity index (χ1n) is 5.07. The number of hydrogen-bond donors (Lipinski definition) is 1. The monoisotopic (exact) mass is 236 g/mol. The highest BCUT2D eigenvalue weighted by Gasteiger charge is 2.04. The molecule has 0 spiro atoms. The van der Waals surface area contributed by atoms with E-state index in [1.807, 2.05) is 18.4 Å². The van der Waals surface area contributed by atoms with Crippen LogP contribution in [0, 0.1) is 19.7 Å². The maximum Gasteiger partial charge on any atom is 0.149 e. The number of rotatable bonds is 3. The van der Waals surface area contributed by atoms with E-state index in [-0.39, 0.29) is 5.82 Å². The van der Waals surface area contributed by atoms with E-state index in [4.69, 9.17) is 0 Å². The predicted molar refractivity (Wildman–Crippen MR) is 65.3 cm³/mol. The Bertz CT molecular complexity index is 494. The Morgan fingerprint density at radius 2 is 2.19 bits per heavy atom. The van der Waals surface area contributed by atoms with E-state index in [0.29, 0.717) is 17.8 Å². The minimum atomic E-state index is -0.186. The van der Waals surface area contributed by atoms with Gasteiger partial charge in [-0.1, -0.05) is 12.1 Å². The largest absolute Gasteiger partial charge is 0.377 e. The Balaban J connectivity index is 2.07. The number of anilines is 1. The molecule has 16 heavy (non-hydrogen) atoms. The number of nitrogens with one attached hydrogen (secondary N) is 1.